The van der Waals surface area contributed by atoms with Crippen LogP contribution in [0.1, 0.15) is 27.2 Å². The molecule has 0 aromatic heterocycles. The van der Waals surface area contributed by atoms with Crippen molar-refractivity contribution in [1.29, 1.82) is 0 Å². The summed E-state index contributed by atoms with van der Waals surface area (Å²) in [5.41, 5.74) is 0.401. The quantitative estimate of drug-likeness (QED) is 0.619. The van der Waals surface area contributed by atoms with Crippen molar-refractivity contribution in [1.82, 2.24) is 5.32 Å². The zero-order valence-corrected chi connectivity index (χ0v) is 12.3. The second kappa shape index (κ2) is 7.37. The van der Waals surface area contributed by atoms with Crippen molar-refractivity contribution in [2.45, 2.75) is 33.2 Å². The Morgan fingerprint density at radius 3 is 2.24 bits per heavy atom. The Morgan fingerprint density at radius 2 is 1.81 bits per heavy atom. The van der Waals surface area contributed by atoms with Gasteiger partial charge in [0.25, 0.3) is 5.69 Å². The fraction of sp³-hybridized carbons (Fsp3) is 0.429. The largest absolute Gasteiger partial charge is 0.345 e. The van der Waals surface area contributed by atoms with Crippen LogP contribution in [0.3, 0.4) is 0 Å². The van der Waals surface area contributed by atoms with E-state index in [1.165, 1.54) is 31.2 Å². The molecule has 0 saturated carbocycles. The highest BCUT2D eigenvalue weighted by molar-refractivity contribution is 5.97. The number of anilines is 1. The number of benzene rings is 1. The molecule has 7 nitrogen and oxygen atoms in total. The third-order valence-corrected chi connectivity index (χ3v) is 2.75. The normalized spacial score (nSPS) is 11.8. The van der Waals surface area contributed by atoms with Crippen molar-refractivity contribution in [2.75, 3.05) is 5.32 Å². The van der Waals surface area contributed by atoms with Crippen molar-refractivity contribution in [3.8, 4) is 0 Å². The molecule has 114 valence electrons. The molecule has 1 rings (SSSR count). The van der Waals surface area contributed by atoms with E-state index in [0.29, 0.717) is 12.1 Å². The molecule has 0 aliphatic heterocycles. The van der Waals surface area contributed by atoms with E-state index in [0.717, 1.165) is 0 Å². The van der Waals surface area contributed by atoms with Gasteiger partial charge in [0.2, 0.25) is 11.8 Å². The van der Waals surface area contributed by atoms with Gasteiger partial charge in [-0.1, -0.05) is 13.8 Å². The Hall–Kier alpha value is -2.44. The van der Waals surface area contributed by atoms with E-state index >= 15 is 0 Å². The number of nitro groups is 1. The van der Waals surface area contributed by atoms with Gasteiger partial charge < -0.3 is 10.6 Å². The Balaban J connectivity index is 2.75. The molecule has 0 saturated heterocycles. The zero-order chi connectivity index (χ0) is 16.0. The summed E-state index contributed by atoms with van der Waals surface area (Å²) in [5, 5.41) is 15.8. The van der Waals surface area contributed by atoms with Crippen LogP contribution in [-0.2, 0) is 9.59 Å². The van der Waals surface area contributed by atoms with E-state index in [1.54, 1.807) is 0 Å². The minimum Gasteiger partial charge on any atom is -0.345 e. The Labute approximate surface area is 122 Å². The fourth-order valence-electron chi connectivity index (χ4n) is 1.84. The number of carbonyl (C=O) groups is 2. The number of hydrogen-bond acceptors (Lipinski definition) is 4. The second-order valence-electron chi connectivity index (χ2n) is 5.18. The van der Waals surface area contributed by atoms with Gasteiger partial charge in [-0.15, -0.1) is 0 Å². The van der Waals surface area contributed by atoms with Crippen molar-refractivity contribution in [3.05, 3.63) is 34.4 Å². The molecule has 1 atom stereocenters. The molecule has 2 amide bonds. The van der Waals surface area contributed by atoms with Crippen LogP contribution in [0.2, 0.25) is 0 Å². The summed E-state index contributed by atoms with van der Waals surface area (Å²) < 4.78 is 0. The van der Waals surface area contributed by atoms with E-state index in [4.69, 9.17) is 0 Å². The molecule has 0 bridgehead atoms. The fourth-order valence-corrected chi connectivity index (χ4v) is 1.84. The average Bonchev–Trinajstić information content (AvgIpc) is 2.37. The molecule has 0 aliphatic rings. The molecular weight excluding hydrogens is 274 g/mol. The number of hydrogen-bond donors (Lipinski definition) is 2. The van der Waals surface area contributed by atoms with Gasteiger partial charge in [0.15, 0.2) is 0 Å². The van der Waals surface area contributed by atoms with Crippen LogP contribution in [0.5, 0.6) is 0 Å². The van der Waals surface area contributed by atoms with Crippen LogP contribution < -0.4 is 10.6 Å². The lowest BCUT2D eigenvalue weighted by Gasteiger charge is -2.19. The number of nitro benzene ring substituents is 1. The lowest BCUT2D eigenvalue weighted by atomic mass is 10.0. The van der Waals surface area contributed by atoms with E-state index in [9.17, 15) is 19.7 Å². The summed E-state index contributed by atoms with van der Waals surface area (Å²) in [6, 6.07) is 4.90. The standard InChI is InChI=1S/C14H19N3O4/c1-9(2)8-13(15-10(3)18)14(19)16-11-4-6-12(7-5-11)17(20)21/h4-7,9,13H,8H2,1-3H3,(H,15,18)(H,16,19). The van der Waals surface area contributed by atoms with Gasteiger partial charge in [-0.3, -0.25) is 19.7 Å². The smallest absolute Gasteiger partial charge is 0.269 e. The molecule has 0 spiro atoms. The predicted molar refractivity (Wildman–Crippen MR) is 78.8 cm³/mol. The lowest BCUT2D eigenvalue weighted by Crippen LogP contribution is -2.43. The Bertz CT molecular complexity index is 526. The molecule has 0 aliphatic carbocycles. The van der Waals surface area contributed by atoms with Crippen LogP contribution in [0.25, 0.3) is 0 Å². The van der Waals surface area contributed by atoms with E-state index in [-0.39, 0.29) is 23.4 Å². The maximum absolute atomic E-state index is 12.1. The van der Waals surface area contributed by atoms with Crippen molar-refractivity contribution >= 4 is 23.2 Å². The van der Waals surface area contributed by atoms with Crippen LogP contribution >= 0.6 is 0 Å². The highest BCUT2D eigenvalue weighted by Gasteiger charge is 2.20. The Kier molecular flexibility index (Phi) is 5.83. The topological polar surface area (TPSA) is 101 Å². The SMILES string of the molecule is CC(=O)NC(CC(C)C)C(=O)Nc1ccc([N+](=O)[O-])cc1. The summed E-state index contributed by atoms with van der Waals surface area (Å²) in [7, 11) is 0. The van der Waals surface area contributed by atoms with Crippen molar-refractivity contribution in [2.24, 2.45) is 5.92 Å². The average molecular weight is 293 g/mol. The Morgan fingerprint density at radius 1 is 1.24 bits per heavy atom. The summed E-state index contributed by atoms with van der Waals surface area (Å²) >= 11 is 0. The number of non-ortho nitro benzene ring substituents is 1. The predicted octanol–water partition coefficient (Wildman–Crippen LogP) is 2.08. The monoisotopic (exact) mass is 293 g/mol. The minimum atomic E-state index is -0.627. The molecule has 0 fully saturated rings. The van der Waals surface area contributed by atoms with Gasteiger partial charge in [0, 0.05) is 24.7 Å². The summed E-state index contributed by atoms with van der Waals surface area (Å²) in [6.45, 7) is 5.26. The van der Waals surface area contributed by atoms with Gasteiger partial charge in [-0.05, 0) is 24.5 Å². The van der Waals surface area contributed by atoms with Gasteiger partial charge in [0.1, 0.15) is 6.04 Å². The number of carbonyl (C=O) groups excluding carboxylic acids is 2. The van der Waals surface area contributed by atoms with Gasteiger partial charge in [-0.2, -0.15) is 0 Å². The summed E-state index contributed by atoms with van der Waals surface area (Å²) in [4.78, 5) is 33.3. The number of nitrogens with one attached hydrogen (secondary N) is 2. The maximum atomic E-state index is 12.1. The molecule has 21 heavy (non-hydrogen) atoms. The molecule has 7 heteroatoms. The molecular formula is C14H19N3O4. The first-order valence-electron chi connectivity index (χ1n) is 6.62. The van der Waals surface area contributed by atoms with E-state index < -0.39 is 11.0 Å². The minimum absolute atomic E-state index is 0.0476. The molecule has 2 N–H and O–H groups in total. The number of nitrogens with zero attached hydrogens (tertiary/aromatic N) is 1. The summed E-state index contributed by atoms with van der Waals surface area (Å²) in [6.07, 6.45) is 0.512. The first-order valence-corrected chi connectivity index (χ1v) is 6.62. The van der Waals surface area contributed by atoms with Crippen LogP contribution in [0.4, 0.5) is 11.4 Å². The molecule has 0 heterocycles. The van der Waals surface area contributed by atoms with Crippen LogP contribution in [-0.4, -0.2) is 22.8 Å². The molecule has 1 aromatic carbocycles. The first kappa shape index (κ1) is 16.6. The van der Waals surface area contributed by atoms with Crippen LogP contribution in [0, 0.1) is 16.0 Å². The lowest BCUT2D eigenvalue weighted by molar-refractivity contribution is -0.384. The number of rotatable bonds is 6. The molecule has 1 unspecified atom stereocenters. The highest BCUT2D eigenvalue weighted by atomic mass is 16.6. The molecule has 1 aromatic rings. The van der Waals surface area contributed by atoms with E-state index in [2.05, 4.69) is 10.6 Å². The van der Waals surface area contributed by atoms with Crippen LogP contribution in [0.15, 0.2) is 24.3 Å². The number of amides is 2. The maximum Gasteiger partial charge on any atom is 0.269 e. The van der Waals surface area contributed by atoms with Gasteiger partial charge in [-0.25, -0.2) is 0 Å². The van der Waals surface area contributed by atoms with Gasteiger partial charge >= 0.3 is 0 Å². The van der Waals surface area contributed by atoms with E-state index in [1.807, 2.05) is 13.8 Å². The van der Waals surface area contributed by atoms with Crippen molar-refractivity contribution in [3.63, 3.8) is 0 Å². The highest BCUT2D eigenvalue weighted by Crippen LogP contribution is 2.16. The molecule has 0 radical (unpaired) electrons. The van der Waals surface area contributed by atoms with Gasteiger partial charge in [0.05, 0.1) is 4.92 Å². The third-order valence-electron chi connectivity index (χ3n) is 2.75. The van der Waals surface area contributed by atoms with Crippen molar-refractivity contribution < 1.29 is 14.5 Å². The zero-order valence-electron chi connectivity index (χ0n) is 12.3. The third kappa shape index (κ3) is 5.60. The summed E-state index contributed by atoms with van der Waals surface area (Å²) in [5.74, 6) is -0.378. The second-order valence-corrected chi connectivity index (χ2v) is 5.18. The first-order chi connectivity index (χ1) is 9.79.